The van der Waals surface area contributed by atoms with Crippen LogP contribution in [0.5, 0.6) is 0 Å². The van der Waals surface area contributed by atoms with Crippen LogP contribution >= 0.6 is 0 Å². The Morgan fingerprint density at radius 1 is 1.30 bits per heavy atom. The summed E-state index contributed by atoms with van der Waals surface area (Å²) in [6.45, 7) is 2.00. The van der Waals surface area contributed by atoms with Crippen LogP contribution in [0.15, 0.2) is 35.4 Å². The highest BCUT2D eigenvalue weighted by atomic mass is 16.5. The average molecular weight is 276 g/mol. The minimum absolute atomic E-state index is 0.178. The van der Waals surface area contributed by atoms with Gasteiger partial charge in [-0.1, -0.05) is 30.3 Å². The van der Waals surface area contributed by atoms with E-state index in [9.17, 15) is 9.59 Å². The van der Waals surface area contributed by atoms with Crippen LogP contribution in [0.1, 0.15) is 18.4 Å². The molecule has 0 fully saturated rings. The van der Waals surface area contributed by atoms with Crippen molar-refractivity contribution in [2.24, 2.45) is 5.10 Å². The van der Waals surface area contributed by atoms with Crippen LogP contribution in [0.4, 0.5) is 0 Å². The van der Waals surface area contributed by atoms with E-state index in [4.69, 9.17) is 9.47 Å². The van der Waals surface area contributed by atoms with Gasteiger partial charge in [0, 0.05) is 0 Å². The molecule has 0 saturated heterocycles. The number of esters is 2. The highest BCUT2D eigenvalue weighted by Crippen LogP contribution is 2.27. The number of benzene rings is 1. The molecule has 0 unspecified atom stereocenters. The van der Waals surface area contributed by atoms with Gasteiger partial charge in [-0.2, -0.15) is 5.10 Å². The molecule has 0 aliphatic carbocycles. The van der Waals surface area contributed by atoms with E-state index in [0.29, 0.717) is 0 Å². The van der Waals surface area contributed by atoms with Gasteiger partial charge in [-0.15, -0.1) is 0 Å². The number of hydrogen-bond donors (Lipinski definition) is 1. The summed E-state index contributed by atoms with van der Waals surface area (Å²) in [5.74, 6) is -1.51. The highest BCUT2D eigenvalue weighted by Gasteiger charge is 2.42. The fourth-order valence-corrected chi connectivity index (χ4v) is 2.15. The van der Waals surface area contributed by atoms with E-state index >= 15 is 0 Å². The van der Waals surface area contributed by atoms with Crippen molar-refractivity contribution in [1.29, 1.82) is 0 Å². The summed E-state index contributed by atoms with van der Waals surface area (Å²) in [5, 5.41) is 3.94. The van der Waals surface area contributed by atoms with Crippen LogP contribution < -0.4 is 5.43 Å². The Labute approximate surface area is 116 Å². The van der Waals surface area contributed by atoms with Crippen LogP contribution in [-0.2, 0) is 19.1 Å². The zero-order chi connectivity index (χ0) is 14.5. The second kappa shape index (κ2) is 6.18. The van der Waals surface area contributed by atoms with E-state index in [0.717, 1.165) is 5.56 Å². The molecule has 0 aromatic heterocycles. The minimum Gasteiger partial charge on any atom is -0.464 e. The third-order valence-corrected chi connectivity index (χ3v) is 3.05. The second-order valence-corrected chi connectivity index (χ2v) is 4.24. The van der Waals surface area contributed by atoms with E-state index in [1.54, 1.807) is 6.92 Å². The Kier molecular flexibility index (Phi) is 4.34. The maximum Gasteiger partial charge on any atom is 0.354 e. The molecule has 0 bridgehead atoms. The number of hydrazone groups is 1. The average Bonchev–Trinajstić information content (AvgIpc) is 2.92. The molecule has 1 aliphatic heterocycles. The van der Waals surface area contributed by atoms with E-state index in [2.05, 4.69) is 10.5 Å². The first-order chi connectivity index (χ1) is 9.69. The molecule has 0 amide bonds. The SMILES string of the molecule is CCOC(=O)[C@@H]1NN=C(C(=O)OC)[C@@H]1c1ccccc1. The zero-order valence-corrected chi connectivity index (χ0v) is 11.3. The number of nitrogens with zero attached hydrogens (tertiary/aromatic N) is 1. The van der Waals surface area contributed by atoms with Crippen molar-refractivity contribution in [3.8, 4) is 0 Å². The number of ether oxygens (including phenoxy) is 2. The standard InChI is InChI=1S/C14H16N2O4/c1-3-20-14(18)12-10(9-7-5-4-6-8-9)11(15-16-12)13(17)19-2/h4-8,10,12,16H,3H2,1-2H3/t10-,12+/m0/s1. The van der Waals surface area contributed by atoms with Crippen molar-refractivity contribution >= 4 is 17.7 Å². The van der Waals surface area contributed by atoms with Gasteiger partial charge in [-0.3, -0.25) is 5.43 Å². The first-order valence-corrected chi connectivity index (χ1v) is 6.32. The fourth-order valence-electron chi connectivity index (χ4n) is 2.15. The fraction of sp³-hybridized carbons (Fsp3) is 0.357. The smallest absolute Gasteiger partial charge is 0.354 e. The van der Waals surface area contributed by atoms with Crippen LogP contribution in [0.2, 0.25) is 0 Å². The van der Waals surface area contributed by atoms with E-state index in [-0.39, 0.29) is 12.3 Å². The summed E-state index contributed by atoms with van der Waals surface area (Å²) >= 11 is 0. The van der Waals surface area contributed by atoms with Gasteiger partial charge in [0.1, 0.15) is 0 Å². The van der Waals surface area contributed by atoms with Gasteiger partial charge < -0.3 is 9.47 Å². The Bertz CT molecular complexity index is 527. The van der Waals surface area contributed by atoms with Gasteiger partial charge in [0.05, 0.1) is 19.6 Å². The summed E-state index contributed by atoms with van der Waals surface area (Å²) < 4.78 is 9.72. The normalized spacial score (nSPS) is 20.8. The summed E-state index contributed by atoms with van der Waals surface area (Å²) in [5.41, 5.74) is 3.65. The second-order valence-electron chi connectivity index (χ2n) is 4.24. The molecule has 1 aromatic carbocycles. The van der Waals surface area contributed by atoms with Gasteiger partial charge in [0.15, 0.2) is 11.8 Å². The van der Waals surface area contributed by atoms with E-state index in [1.165, 1.54) is 7.11 Å². The number of carbonyl (C=O) groups excluding carboxylic acids is 2. The van der Waals surface area contributed by atoms with Crippen LogP contribution in [0, 0.1) is 0 Å². The summed E-state index contributed by atoms with van der Waals surface area (Å²) in [6, 6.07) is 8.49. The number of methoxy groups -OCH3 is 1. The lowest BCUT2D eigenvalue weighted by molar-refractivity contribution is -0.145. The molecule has 20 heavy (non-hydrogen) atoms. The van der Waals surface area contributed by atoms with Gasteiger partial charge >= 0.3 is 11.9 Å². The molecular weight excluding hydrogens is 260 g/mol. The predicted molar refractivity (Wildman–Crippen MR) is 72.2 cm³/mol. The molecular formula is C14H16N2O4. The molecule has 6 nitrogen and oxygen atoms in total. The molecule has 2 rings (SSSR count). The topological polar surface area (TPSA) is 77.0 Å². The van der Waals surface area contributed by atoms with Gasteiger partial charge in [0.2, 0.25) is 0 Å². The summed E-state index contributed by atoms with van der Waals surface area (Å²) in [7, 11) is 1.28. The zero-order valence-electron chi connectivity index (χ0n) is 11.3. The van der Waals surface area contributed by atoms with E-state index < -0.39 is 23.9 Å². The van der Waals surface area contributed by atoms with E-state index in [1.807, 2.05) is 30.3 Å². The van der Waals surface area contributed by atoms with Gasteiger partial charge in [-0.25, -0.2) is 9.59 Å². The maximum atomic E-state index is 12.0. The molecule has 0 radical (unpaired) electrons. The number of rotatable bonds is 4. The number of nitrogens with one attached hydrogen (secondary N) is 1. The van der Waals surface area contributed by atoms with Crippen LogP contribution in [0.3, 0.4) is 0 Å². The Balaban J connectivity index is 2.33. The predicted octanol–water partition coefficient (Wildman–Crippen LogP) is 0.834. The van der Waals surface area contributed by atoms with Crippen molar-refractivity contribution in [2.45, 2.75) is 18.9 Å². The third kappa shape index (κ3) is 2.64. The Hall–Kier alpha value is -2.37. The lowest BCUT2D eigenvalue weighted by Gasteiger charge is -2.18. The summed E-state index contributed by atoms with van der Waals surface area (Å²) in [6.07, 6.45) is 0. The number of carbonyl (C=O) groups is 2. The monoisotopic (exact) mass is 276 g/mol. The third-order valence-electron chi connectivity index (χ3n) is 3.05. The van der Waals surface area contributed by atoms with Crippen LogP contribution in [-0.4, -0.2) is 37.4 Å². The molecule has 1 heterocycles. The molecule has 2 atom stereocenters. The van der Waals surface area contributed by atoms with Crippen LogP contribution in [0.25, 0.3) is 0 Å². The molecule has 0 saturated carbocycles. The van der Waals surface area contributed by atoms with Gasteiger partial charge in [0.25, 0.3) is 0 Å². The van der Waals surface area contributed by atoms with Crippen molar-refractivity contribution in [3.63, 3.8) is 0 Å². The number of hydrogen-bond acceptors (Lipinski definition) is 6. The van der Waals surface area contributed by atoms with Crippen molar-refractivity contribution < 1.29 is 19.1 Å². The lowest BCUT2D eigenvalue weighted by atomic mass is 9.88. The first kappa shape index (κ1) is 14.0. The molecule has 1 aliphatic rings. The largest absolute Gasteiger partial charge is 0.464 e. The first-order valence-electron chi connectivity index (χ1n) is 6.32. The highest BCUT2D eigenvalue weighted by molar-refractivity contribution is 6.39. The Morgan fingerprint density at radius 2 is 2.00 bits per heavy atom. The summed E-state index contributed by atoms with van der Waals surface area (Å²) in [4.78, 5) is 23.8. The van der Waals surface area contributed by atoms with Gasteiger partial charge in [-0.05, 0) is 12.5 Å². The lowest BCUT2D eigenvalue weighted by Crippen LogP contribution is -2.38. The van der Waals surface area contributed by atoms with Crippen molar-refractivity contribution in [3.05, 3.63) is 35.9 Å². The molecule has 1 N–H and O–H groups in total. The Morgan fingerprint density at radius 3 is 2.60 bits per heavy atom. The molecule has 1 aromatic rings. The maximum absolute atomic E-state index is 12.0. The molecule has 106 valence electrons. The van der Waals surface area contributed by atoms with Crippen molar-refractivity contribution in [1.82, 2.24) is 5.43 Å². The minimum atomic E-state index is -0.716. The molecule has 6 heteroatoms. The molecule has 0 spiro atoms. The quantitative estimate of drug-likeness (QED) is 0.824. The van der Waals surface area contributed by atoms with Crippen molar-refractivity contribution in [2.75, 3.05) is 13.7 Å².